The Labute approximate surface area is 63.8 Å². The van der Waals surface area contributed by atoms with E-state index in [1.54, 1.807) is 21.1 Å². The molecule has 2 N–H and O–H groups in total. The zero-order chi connectivity index (χ0) is 8.43. The Morgan fingerprint density at radius 1 is 1.45 bits per heavy atom. The first kappa shape index (κ1) is 7.64. The van der Waals surface area contributed by atoms with E-state index < -0.39 is 0 Å². The fourth-order valence-electron chi connectivity index (χ4n) is 0.828. The van der Waals surface area contributed by atoms with Crippen molar-refractivity contribution in [3.05, 3.63) is 10.5 Å². The number of hydrogen-bond donors (Lipinski definition) is 2. The SMILES string of the molecule is CNc1nn(C)c(=O)n1NC. The van der Waals surface area contributed by atoms with E-state index in [-0.39, 0.29) is 5.69 Å². The van der Waals surface area contributed by atoms with Crippen molar-refractivity contribution in [3.8, 4) is 0 Å². The second-order valence-corrected chi connectivity index (χ2v) is 2.04. The van der Waals surface area contributed by atoms with Gasteiger partial charge in [-0.05, 0) is 0 Å². The molecule has 0 atom stereocenters. The molecule has 0 saturated heterocycles. The smallest absolute Gasteiger partial charge is 0.356 e. The summed E-state index contributed by atoms with van der Waals surface area (Å²) in [6.45, 7) is 0. The van der Waals surface area contributed by atoms with Crippen LogP contribution in [0.1, 0.15) is 0 Å². The maximum Gasteiger partial charge on any atom is 0.366 e. The number of aromatic nitrogens is 3. The van der Waals surface area contributed by atoms with Crippen molar-refractivity contribution in [2.75, 3.05) is 24.8 Å². The summed E-state index contributed by atoms with van der Waals surface area (Å²) < 4.78 is 2.57. The van der Waals surface area contributed by atoms with Crippen LogP contribution in [0.3, 0.4) is 0 Å². The van der Waals surface area contributed by atoms with E-state index in [0.717, 1.165) is 0 Å². The van der Waals surface area contributed by atoms with Crippen molar-refractivity contribution in [2.24, 2.45) is 7.05 Å². The minimum Gasteiger partial charge on any atom is -0.356 e. The van der Waals surface area contributed by atoms with Gasteiger partial charge in [-0.25, -0.2) is 9.48 Å². The van der Waals surface area contributed by atoms with Crippen LogP contribution in [-0.4, -0.2) is 28.6 Å². The summed E-state index contributed by atoms with van der Waals surface area (Å²) in [6.07, 6.45) is 0. The molecule has 1 aromatic heterocycles. The molecule has 1 heterocycles. The molecule has 62 valence electrons. The lowest BCUT2D eigenvalue weighted by Gasteiger charge is -2.00. The lowest BCUT2D eigenvalue weighted by Crippen LogP contribution is -2.28. The number of rotatable bonds is 2. The van der Waals surface area contributed by atoms with E-state index >= 15 is 0 Å². The predicted molar refractivity (Wildman–Crippen MR) is 42.3 cm³/mol. The molecule has 6 heteroatoms. The molecule has 0 bridgehead atoms. The van der Waals surface area contributed by atoms with E-state index in [1.165, 1.54) is 9.36 Å². The average molecular weight is 157 g/mol. The molecular formula is C5H11N5O. The lowest BCUT2D eigenvalue weighted by atomic mass is 11.0. The molecule has 6 nitrogen and oxygen atoms in total. The maximum atomic E-state index is 11.1. The first-order valence-electron chi connectivity index (χ1n) is 3.22. The van der Waals surface area contributed by atoms with Gasteiger partial charge in [-0.15, -0.1) is 5.10 Å². The molecule has 0 amide bonds. The van der Waals surface area contributed by atoms with Gasteiger partial charge in [0.1, 0.15) is 0 Å². The summed E-state index contributed by atoms with van der Waals surface area (Å²) in [5.41, 5.74) is 2.50. The predicted octanol–water partition coefficient (Wildman–Crippen LogP) is -1.20. The quantitative estimate of drug-likeness (QED) is 0.566. The fraction of sp³-hybridized carbons (Fsp3) is 0.600. The van der Waals surface area contributed by atoms with Gasteiger partial charge in [0.05, 0.1) is 0 Å². The Bertz CT molecular complexity index is 298. The van der Waals surface area contributed by atoms with Gasteiger partial charge in [-0.2, -0.15) is 4.68 Å². The molecule has 0 aliphatic carbocycles. The van der Waals surface area contributed by atoms with E-state index in [2.05, 4.69) is 15.8 Å². The standard InChI is InChI=1S/C5H11N5O/c1-6-4-8-9(3)5(11)10(4)7-2/h7H,1-3H3,(H,6,8). The third kappa shape index (κ3) is 1.06. The van der Waals surface area contributed by atoms with Crippen LogP contribution in [0.2, 0.25) is 0 Å². The summed E-state index contributed by atoms with van der Waals surface area (Å²) in [7, 11) is 4.95. The first-order valence-corrected chi connectivity index (χ1v) is 3.22. The molecule has 0 radical (unpaired) electrons. The molecule has 11 heavy (non-hydrogen) atoms. The first-order chi connectivity index (χ1) is 5.20. The van der Waals surface area contributed by atoms with Crippen LogP contribution in [0.15, 0.2) is 4.79 Å². The number of nitrogens with one attached hydrogen (secondary N) is 2. The molecule has 1 aromatic rings. The Balaban J connectivity index is 3.27. The van der Waals surface area contributed by atoms with Gasteiger partial charge in [0.25, 0.3) is 0 Å². The van der Waals surface area contributed by atoms with Crippen LogP contribution in [0, 0.1) is 0 Å². The number of nitrogens with zero attached hydrogens (tertiary/aromatic N) is 3. The Morgan fingerprint density at radius 2 is 2.09 bits per heavy atom. The van der Waals surface area contributed by atoms with E-state index in [1.807, 2.05) is 0 Å². The van der Waals surface area contributed by atoms with Crippen molar-refractivity contribution in [1.82, 2.24) is 14.5 Å². The van der Waals surface area contributed by atoms with Crippen molar-refractivity contribution < 1.29 is 0 Å². The molecule has 0 fully saturated rings. The summed E-state index contributed by atoms with van der Waals surface area (Å²) >= 11 is 0. The minimum atomic E-state index is -0.197. The molecule has 0 spiro atoms. The number of anilines is 1. The van der Waals surface area contributed by atoms with Crippen LogP contribution in [0.5, 0.6) is 0 Å². The van der Waals surface area contributed by atoms with E-state index in [4.69, 9.17) is 0 Å². The highest BCUT2D eigenvalue weighted by molar-refractivity contribution is 5.22. The topological polar surface area (TPSA) is 63.9 Å². The van der Waals surface area contributed by atoms with Crippen molar-refractivity contribution in [2.45, 2.75) is 0 Å². The van der Waals surface area contributed by atoms with Gasteiger partial charge in [0, 0.05) is 21.1 Å². The van der Waals surface area contributed by atoms with Crippen LogP contribution in [0.4, 0.5) is 5.95 Å². The van der Waals surface area contributed by atoms with Crippen LogP contribution in [-0.2, 0) is 7.05 Å². The second-order valence-electron chi connectivity index (χ2n) is 2.04. The molecule has 0 aromatic carbocycles. The normalized spacial score (nSPS) is 9.73. The van der Waals surface area contributed by atoms with Crippen molar-refractivity contribution >= 4 is 5.95 Å². The molecular weight excluding hydrogens is 146 g/mol. The summed E-state index contributed by atoms with van der Waals surface area (Å²) in [4.78, 5) is 11.1. The highest BCUT2D eigenvalue weighted by Crippen LogP contribution is 1.92. The zero-order valence-corrected chi connectivity index (χ0v) is 6.75. The number of aryl methyl sites for hydroxylation is 1. The summed E-state index contributed by atoms with van der Waals surface area (Å²) in [5, 5.41) is 6.67. The third-order valence-electron chi connectivity index (χ3n) is 1.37. The monoisotopic (exact) mass is 157 g/mol. The fourth-order valence-corrected chi connectivity index (χ4v) is 0.828. The second kappa shape index (κ2) is 2.65. The van der Waals surface area contributed by atoms with Crippen LogP contribution >= 0.6 is 0 Å². The number of hydrogen-bond acceptors (Lipinski definition) is 4. The van der Waals surface area contributed by atoms with Gasteiger partial charge >= 0.3 is 5.69 Å². The Kier molecular flexibility index (Phi) is 1.84. The maximum absolute atomic E-state index is 11.1. The largest absolute Gasteiger partial charge is 0.366 e. The lowest BCUT2D eigenvalue weighted by molar-refractivity contribution is 0.717. The van der Waals surface area contributed by atoms with Gasteiger partial charge in [0.15, 0.2) is 0 Å². The third-order valence-corrected chi connectivity index (χ3v) is 1.37. The zero-order valence-electron chi connectivity index (χ0n) is 6.75. The Morgan fingerprint density at radius 3 is 2.45 bits per heavy atom. The summed E-state index contributed by atoms with van der Waals surface area (Å²) in [6, 6.07) is 0. The van der Waals surface area contributed by atoms with Crippen molar-refractivity contribution in [3.63, 3.8) is 0 Å². The average Bonchev–Trinajstić information content (AvgIpc) is 2.28. The molecule has 0 aliphatic rings. The van der Waals surface area contributed by atoms with Crippen molar-refractivity contribution in [1.29, 1.82) is 0 Å². The molecule has 0 unspecified atom stereocenters. The molecule has 1 rings (SSSR count). The van der Waals surface area contributed by atoms with Gasteiger partial charge in [-0.1, -0.05) is 0 Å². The highest BCUT2D eigenvalue weighted by Gasteiger charge is 2.06. The van der Waals surface area contributed by atoms with E-state index in [9.17, 15) is 4.79 Å². The van der Waals surface area contributed by atoms with E-state index in [0.29, 0.717) is 5.95 Å². The van der Waals surface area contributed by atoms with Crippen LogP contribution in [0.25, 0.3) is 0 Å². The van der Waals surface area contributed by atoms with Gasteiger partial charge in [0.2, 0.25) is 5.95 Å². The minimum absolute atomic E-state index is 0.197. The van der Waals surface area contributed by atoms with Gasteiger partial charge in [-0.3, -0.25) is 0 Å². The van der Waals surface area contributed by atoms with Gasteiger partial charge < -0.3 is 10.7 Å². The van der Waals surface area contributed by atoms with Crippen LogP contribution < -0.4 is 16.4 Å². The summed E-state index contributed by atoms with van der Waals surface area (Å²) in [5.74, 6) is 0.500. The Hall–Kier alpha value is -1.46. The highest BCUT2D eigenvalue weighted by atomic mass is 16.2. The molecule has 0 saturated carbocycles. The molecule has 0 aliphatic heterocycles.